The second kappa shape index (κ2) is 6.97. The number of carbonyl (C=O) groups excluding carboxylic acids is 1. The van der Waals surface area contributed by atoms with Crippen LogP contribution >= 0.6 is 0 Å². The van der Waals surface area contributed by atoms with Gasteiger partial charge >= 0.3 is 12.0 Å². The van der Waals surface area contributed by atoms with E-state index in [1.54, 1.807) is 11.8 Å². The van der Waals surface area contributed by atoms with E-state index in [0.717, 1.165) is 12.1 Å². The van der Waals surface area contributed by atoms with Crippen LogP contribution in [0.15, 0.2) is 24.3 Å². The van der Waals surface area contributed by atoms with E-state index in [-0.39, 0.29) is 18.5 Å². The molecule has 2 rings (SSSR count). The van der Waals surface area contributed by atoms with E-state index in [1.165, 1.54) is 0 Å². The summed E-state index contributed by atoms with van der Waals surface area (Å²) in [5.41, 5.74) is 0.748. The Balaban J connectivity index is 2.03. The number of hydrogen-bond acceptors (Lipinski definition) is 3. The summed E-state index contributed by atoms with van der Waals surface area (Å²) in [6, 6.07) is 7.02. The molecule has 0 aliphatic carbocycles. The summed E-state index contributed by atoms with van der Waals surface area (Å²) in [7, 11) is 0. The lowest BCUT2D eigenvalue weighted by Crippen LogP contribution is -2.44. The number of carboxylic acid groups (broad SMARTS) is 1. The number of nitrogens with one attached hydrogen (secondary N) is 1. The lowest BCUT2D eigenvalue weighted by molar-refractivity contribution is -0.137. The molecule has 0 bridgehead atoms. The molecule has 1 aliphatic heterocycles. The van der Waals surface area contributed by atoms with E-state index in [9.17, 15) is 9.59 Å². The number of aliphatic carboxylic acids is 1. The number of para-hydroxylation sites is 2. The van der Waals surface area contributed by atoms with Crippen molar-refractivity contribution in [2.24, 2.45) is 0 Å². The van der Waals surface area contributed by atoms with Crippen molar-refractivity contribution in [3.05, 3.63) is 24.3 Å². The zero-order chi connectivity index (χ0) is 15.2. The van der Waals surface area contributed by atoms with Crippen LogP contribution in [0.3, 0.4) is 0 Å². The molecule has 0 radical (unpaired) electrons. The quantitative estimate of drug-likeness (QED) is 0.892. The van der Waals surface area contributed by atoms with Crippen LogP contribution in [0.4, 0.5) is 10.5 Å². The summed E-state index contributed by atoms with van der Waals surface area (Å²) in [6.07, 6.45) is 1.21. The molecular weight excluding hydrogens is 272 g/mol. The van der Waals surface area contributed by atoms with Crippen LogP contribution < -0.4 is 15.0 Å². The maximum Gasteiger partial charge on any atom is 0.322 e. The van der Waals surface area contributed by atoms with Gasteiger partial charge in [-0.2, -0.15) is 0 Å². The highest BCUT2D eigenvalue weighted by Crippen LogP contribution is 2.30. The van der Waals surface area contributed by atoms with Gasteiger partial charge < -0.3 is 15.2 Å². The van der Waals surface area contributed by atoms with Gasteiger partial charge in [-0.05, 0) is 31.9 Å². The zero-order valence-corrected chi connectivity index (χ0v) is 12.0. The van der Waals surface area contributed by atoms with Crippen LogP contribution in [0.25, 0.3) is 0 Å². The van der Waals surface area contributed by atoms with Gasteiger partial charge in [0, 0.05) is 19.0 Å². The zero-order valence-electron chi connectivity index (χ0n) is 12.0. The van der Waals surface area contributed by atoms with Gasteiger partial charge in [0.2, 0.25) is 0 Å². The number of nitrogens with zero attached hydrogens (tertiary/aromatic N) is 1. The molecule has 0 saturated carbocycles. The fourth-order valence-electron chi connectivity index (χ4n) is 2.24. The van der Waals surface area contributed by atoms with Crippen molar-refractivity contribution in [2.45, 2.75) is 32.2 Å². The Morgan fingerprint density at radius 3 is 2.95 bits per heavy atom. The average molecular weight is 292 g/mol. The van der Waals surface area contributed by atoms with Crippen molar-refractivity contribution in [2.75, 3.05) is 18.1 Å². The fraction of sp³-hybridized carbons (Fsp3) is 0.467. The molecule has 1 aromatic carbocycles. The van der Waals surface area contributed by atoms with Crippen LogP contribution in [0, 0.1) is 0 Å². The van der Waals surface area contributed by atoms with Gasteiger partial charge in [-0.15, -0.1) is 0 Å². The second-order valence-electron chi connectivity index (χ2n) is 5.10. The summed E-state index contributed by atoms with van der Waals surface area (Å²) in [5.74, 6) is -0.159. The molecule has 0 aromatic heterocycles. The molecule has 21 heavy (non-hydrogen) atoms. The Hall–Kier alpha value is -2.24. The standard InChI is InChI=1S/C15H20N2O4/c1-11(7-8-14(18)19)16-15(20)17-9-4-10-21-13-6-3-2-5-12(13)17/h2-3,5-6,11H,4,7-10H2,1H3,(H,16,20)(H,18,19). The smallest absolute Gasteiger partial charge is 0.322 e. The summed E-state index contributed by atoms with van der Waals surface area (Å²) in [6.45, 7) is 2.96. The van der Waals surface area contributed by atoms with E-state index in [1.807, 2.05) is 24.3 Å². The monoisotopic (exact) mass is 292 g/mol. The van der Waals surface area contributed by atoms with E-state index < -0.39 is 5.97 Å². The molecule has 2 amide bonds. The molecule has 0 saturated heterocycles. The van der Waals surface area contributed by atoms with Crippen LogP contribution in [0.5, 0.6) is 5.75 Å². The van der Waals surface area contributed by atoms with Gasteiger partial charge in [-0.25, -0.2) is 4.79 Å². The number of urea groups is 1. The summed E-state index contributed by atoms with van der Waals surface area (Å²) < 4.78 is 5.61. The van der Waals surface area contributed by atoms with E-state index in [4.69, 9.17) is 9.84 Å². The minimum absolute atomic E-state index is 0.0428. The third-order valence-electron chi connectivity index (χ3n) is 3.35. The highest BCUT2D eigenvalue weighted by atomic mass is 16.5. The Morgan fingerprint density at radius 2 is 2.19 bits per heavy atom. The van der Waals surface area contributed by atoms with Gasteiger partial charge in [0.05, 0.1) is 12.3 Å². The van der Waals surface area contributed by atoms with Crippen LogP contribution in [0.1, 0.15) is 26.2 Å². The topological polar surface area (TPSA) is 78.9 Å². The first kappa shape index (κ1) is 15.2. The van der Waals surface area contributed by atoms with Gasteiger partial charge in [0.25, 0.3) is 0 Å². The third-order valence-corrected chi connectivity index (χ3v) is 3.35. The molecule has 6 heteroatoms. The SMILES string of the molecule is CC(CCC(=O)O)NC(=O)N1CCCOc2ccccc21. The maximum atomic E-state index is 12.4. The second-order valence-corrected chi connectivity index (χ2v) is 5.10. The van der Waals surface area contributed by atoms with Crippen molar-refractivity contribution < 1.29 is 19.4 Å². The molecule has 114 valence electrons. The Bertz CT molecular complexity index is 518. The molecule has 0 spiro atoms. The molecule has 2 N–H and O–H groups in total. The van der Waals surface area contributed by atoms with Crippen molar-refractivity contribution in [1.29, 1.82) is 0 Å². The number of hydrogen-bond donors (Lipinski definition) is 2. The molecule has 1 aliphatic rings. The van der Waals surface area contributed by atoms with Crippen molar-refractivity contribution >= 4 is 17.7 Å². The molecule has 0 fully saturated rings. The number of benzene rings is 1. The highest BCUT2D eigenvalue weighted by molar-refractivity contribution is 5.93. The first-order chi connectivity index (χ1) is 10.1. The average Bonchev–Trinajstić information content (AvgIpc) is 2.67. The van der Waals surface area contributed by atoms with E-state index in [2.05, 4.69) is 5.32 Å². The molecule has 1 unspecified atom stereocenters. The molecule has 1 atom stereocenters. The van der Waals surface area contributed by atoms with Crippen LogP contribution in [-0.4, -0.2) is 36.3 Å². The predicted octanol–water partition coefficient (Wildman–Crippen LogP) is 2.24. The Labute approximate surface area is 123 Å². The number of fused-ring (bicyclic) bond motifs is 1. The largest absolute Gasteiger partial charge is 0.491 e. The number of anilines is 1. The normalized spacial score (nSPS) is 15.4. The van der Waals surface area contributed by atoms with Crippen LogP contribution in [0.2, 0.25) is 0 Å². The molecule has 6 nitrogen and oxygen atoms in total. The summed E-state index contributed by atoms with van der Waals surface area (Å²) in [4.78, 5) is 24.6. The van der Waals surface area contributed by atoms with Gasteiger partial charge in [-0.3, -0.25) is 9.69 Å². The predicted molar refractivity (Wildman–Crippen MR) is 78.8 cm³/mol. The Morgan fingerprint density at radius 1 is 1.43 bits per heavy atom. The fourth-order valence-corrected chi connectivity index (χ4v) is 2.24. The summed E-state index contributed by atoms with van der Waals surface area (Å²) >= 11 is 0. The lowest BCUT2D eigenvalue weighted by atomic mass is 10.2. The first-order valence-electron chi connectivity index (χ1n) is 7.09. The van der Waals surface area contributed by atoms with Crippen molar-refractivity contribution in [3.63, 3.8) is 0 Å². The van der Waals surface area contributed by atoms with Gasteiger partial charge in [0.1, 0.15) is 5.75 Å². The van der Waals surface area contributed by atoms with Gasteiger partial charge in [-0.1, -0.05) is 12.1 Å². The molecule has 1 heterocycles. The minimum atomic E-state index is -0.857. The number of rotatable bonds is 4. The summed E-state index contributed by atoms with van der Waals surface area (Å²) in [5, 5.41) is 11.5. The first-order valence-corrected chi connectivity index (χ1v) is 7.09. The van der Waals surface area contributed by atoms with Crippen molar-refractivity contribution in [1.82, 2.24) is 5.32 Å². The minimum Gasteiger partial charge on any atom is -0.491 e. The van der Waals surface area contributed by atoms with Crippen molar-refractivity contribution in [3.8, 4) is 5.75 Å². The number of carbonyl (C=O) groups is 2. The number of ether oxygens (including phenoxy) is 1. The van der Waals surface area contributed by atoms with Crippen LogP contribution in [-0.2, 0) is 4.79 Å². The molecule has 1 aromatic rings. The highest BCUT2D eigenvalue weighted by Gasteiger charge is 2.22. The third kappa shape index (κ3) is 4.11. The number of carboxylic acids is 1. The van der Waals surface area contributed by atoms with E-state index >= 15 is 0 Å². The lowest BCUT2D eigenvalue weighted by Gasteiger charge is -2.24. The van der Waals surface area contributed by atoms with E-state index in [0.29, 0.717) is 25.3 Å². The maximum absolute atomic E-state index is 12.4. The molecular formula is C15H20N2O4. The Kier molecular flexibility index (Phi) is 5.03. The van der Waals surface area contributed by atoms with Gasteiger partial charge in [0.15, 0.2) is 0 Å². The number of amides is 2.